The van der Waals surface area contributed by atoms with Crippen molar-refractivity contribution in [2.45, 2.75) is 31.9 Å². The molecule has 2 nitrogen and oxygen atoms in total. The Balaban J connectivity index is 3.44. The van der Waals surface area contributed by atoms with Crippen LogP contribution in [0.15, 0.2) is 12.7 Å². The van der Waals surface area contributed by atoms with Gasteiger partial charge in [-0.15, -0.1) is 6.58 Å². The van der Waals surface area contributed by atoms with Crippen LogP contribution in [0.5, 0.6) is 0 Å². The zero-order valence-corrected chi connectivity index (χ0v) is 5.88. The third kappa shape index (κ3) is 3.27. The maximum atomic E-state index is 9.12. The first-order chi connectivity index (χ1) is 4.22. The Bertz CT molecular complexity index is 83.0. The van der Waals surface area contributed by atoms with Crippen molar-refractivity contribution in [1.29, 1.82) is 0 Å². The molecule has 9 heavy (non-hydrogen) atoms. The average molecular weight is 129 g/mol. The molecular formula is C7H15NO. The van der Waals surface area contributed by atoms with Gasteiger partial charge in [0.15, 0.2) is 0 Å². The number of hydrogen-bond donors (Lipinski definition) is 2. The van der Waals surface area contributed by atoms with Gasteiger partial charge in [0.1, 0.15) is 0 Å². The Morgan fingerprint density at radius 2 is 2.33 bits per heavy atom. The Morgan fingerprint density at radius 1 is 1.78 bits per heavy atom. The van der Waals surface area contributed by atoms with Crippen molar-refractivity contribution in [3.63, 3.8) is 0 Å². The highest BCUT2D eigenvalue weighted by molar-refractivity contribution is 4.87. The van der Waals surface area contributed by atoms with E-state index in [0.29, 0.717) is 0 Å². The lowest BCUT2D eigenvalue weighted by Gasteiger charge is -2.12. The molecule has 3 N–H and O–H groups in total. The molecule has 54 valence electrons. The van der Waals surface area contributed by atoms with Crippen LogP contribution < -0.4 is 5.73 Å². The van der Waals surface area contributed by atoms with Crippen LogP contribution in [0.1, 0.15) is 19.8 Å². The van der Waals surface area contributed by atoms with Gasteiger partial charge >= 0.3 is 0 Å². The molecule has 0 fully saturated rings. The molecule has 0 saturated carbocycles. The smallest absolute Gasteiger partial charge is 0.0726 e. The first-order valence-electron chi connectivity index (χ1n) is 3.28. The SMILES string of the molecule is C=C[C@@H](N)[C@@H](O)CCC. The lowest BCUT2D eigenvalue weighted by molar-refractivity contribution is 0.150. The van der Waals surface area contributed by atoms with Crippen molar-refractivity contribution < 1.29 is 5.11 Å². The van der Waals surface area contributed by atoms with Gasteiger partial charge in [0, 0.05) is 6.04 Å². The summed E-state index contributed by atoms with van der Waals surface area (Å²) in [6.45, 7) is 5.49. The third-order valence-electron chi connectivity index (χ3n) is 1.30. The highest BCUT2D eigenvalue weighted by atomic mass is 16.3. The summed E-state index contributed by atoms with van der Waals surface area (Å²) in [5, 5.41) is 9.12. The lowest BCUT2D eigenvalue weighted by Crippen LogP contribution is -2.32. The quantitative estimate of drug-likeness (QED) is 0.548. The minimum atomic E-state index is -0.410. The van der Waals surface area contributed by atoms with Gasteiger partial charge < -0.3 is 10.8 Å². The number of aliphatic hydroxyl groups is 1. The monoisotopic (exact) mass is 129 g/mol. The first-order valence-corrected chi connectivity index (χ1v) is 3.28. The van der Waals surface area contributed by atoms with Gasteiger partial charge in [-0.2, -0.15) is 0 Å². The summed E-state index contributed by atoms with van der Waals surface area (Å²) < 4.78 is 0. The molecule has 0 aliphatic carbocycles. The van der Waals surface area contributed by atoms with E-state index in [2.05, 4.69) is 6.58 Å². The van der Waals surface area contributed by atoms with Gasteiger partial charge in [-0.1, -0.05) is 19.4 Å². The molecule has 0 bridgehead atoms. The fourth-order valence-electron chi connectivity index (χ4n) is 0.645. The number of aliphatic hydroxyl groups excluding tert-OH is 1. The van der Waals surface area contributed by atoms with Crippen molar-refractivity contribution >= 4 is 0 Å². The Kier molecular flexibility index (Phi) is 4.36. The molecule has 0 aliphatic heterocycles. The summed E-state index contributed by atoms with van der Waals surface area (Å²) >= 11 is 0. The van der Waals surface area contributed by atoms with Crippen LogP contribution in [-0.2, 0) is 0 Å². The van der Waals surface area contributed by atoms with Gasteiger partial charge in [-0.3, -0.25) is 0 Å². The fraction of sp³-hybridized carbons (Fsp3) is 0.714. The zero-order chi connectivity index (χ0) is 7.28. The Morgan fingerprint density at radius 3 is 2.67 bits per heavy atom. The maximum Gasteiger partial charge on any atom is 0.0726 e. The van der Waals surface area contributed by atoms with Crippen LogP contribution in [0, 0.1) is 0 Å². The summed E-state index contributed by atoms with van der Waals surface area (Å²) in [5.74, 6) is 0. The molecule has 0 unspecified atom stereocenters. The van der Waals surface area contributed by atoms with E-state index in [1.165, 1.54) is 0 Å². The topological polar surface area (TPSA) is 46.2 Å². The van der Waals surface area contributed by atoms with E-state index in [0.717, 1.165) is 12.8 Å². The van der Waals surface area contributed by atoms with Gasteiger partial charge in [-0.25, -0.2) is 0 Å². The second-order valence-corrected chi connectivity index (χ2v) is 2.17. The molecule has 0 rings (SSSR count). The highest BCUT2D eigenvalue weighted by Crippen LogP contribution is 1.99. The van der Waals surface area contributed by atoms with Crippen molar-refractivity contribution in [1.82, 2.24) is 0 Å². The lowest BCUT2D eigenvalue weighted by atomic mass is 10.1. The van der Waals surface area contributed by atoms with Gasteiger partial charge in [-0.05, 0) is 6.42 Å². The third-order valence-corrected chi connectivity index (χ3v) is 1.30. The van der Waals surface area contributed by atoms with E-state index in [9.17, 15) is 0 Å². The van der Waals surface area contributed by atoms with Crippen molar-refractivity contribution in [3.05, 3.63) is 12.7 Å². The van der Waals surface area contributed by atoms with Crippen LogP contribution in [0.4, 0.5) is 0 Å². The molecule has 0 aliphatic rings. The van der Waals surface area contributed by atoms with E-state index < -0.39 is 6.10 Å². The Labute approximate surface area is 56.4 Å². The van der Waals surface area contributed by atoms with Gasteiger partial charge in [0.05, 0.1) is 6.10 Å². The van der Waals surface area contributed by atoms with E-state index in [1.807, 2.05) is 6.92 Å². The van der Waals surface area contributed by atoms with Crippen LogP contribution in [-0.4, -0.2) is 17.3 Å². The van der Waals surface area contributed by atoms with Crippen LogP contribution in [0.2, 0.25) is 0 Å². The number of hydrogen-bond acceptors (Lipinski definition) is 2. The van der Waals surface area contributed by atoms with Crippen LogP contribution >= 0.6 is 0 Å². The molecule has 0 spiro atoms. The molecule has 0 aromatic carbocycles. The van der Waals surface area contributed by atoms with Crippen LogP contribution in [0.25, 0.3) is 0 Å². The molecule has 0 amide bonds. The molecule has 0 heterocycles. The van der Waals surface area contributed by atoms with E-state index in [4.69, 9.17) is 10.8 Å². The van der Waals surface area contributed by atoms with Crippen molar-refractivity contribution in [2.24, 2.45) is 5.73 Å². The summed E-state index contributed by atoms with van der Waals surface area (Å²) in [6.07, 6.45) is 2.88. The van der Waals surface area contributed by atoms with Crippen LogP contribution in [0.3, 0.4) is 0 Å². The standard InChI is InChI=1S/C7H15NO/c1-3-5-7(9)6(8)4-2/h4,6-7,9H,2-3,5,8H2,1H3/t6-,7+/m1/s1. The molecule has 0 radical (unpaired) electrons. The largest absolute Gasteiger partial charge is 0.391 e. The minimum Gasteiger partial charge on any atom is -0.391 e. The van der Waals surface area contributed by atoms with Crippen molar-refractivity contribution in [2.75, 3.05) is 0 Å². The molecule has 0 saturated heterocycles. The summed E-state index contributed by atoms with van der Waals surface area (Å²) in [4.78, 5) is 0. The second-order valence-electron chi connectivity index (χ2n) is 2.17. The fourth-order valence-corrected chi connectivity index (χ4v) is 0.645. The normalized spacial score (nSPS) is 16.8. The van der Waals surface area contributed by atoms with E-state index >= 15 is 0 Å². The number of rotatable bonds is 4. The predicted molar refractivity (Wildman–Crippen MR) is 39.1 cm³/mol. The zero-order valence-electron chi connectivity index (χ0n) is 5.88. The molecule has 0 aromatic rings. The van der Waals surface area contributed by atoms with E-state index in [1.54, 1.807) is 6.08 Å². The highest BCUT2D eigenvalue weighted by Gasteiger charge is 2.08. The summed E-state index contributed by atoms with van der Waals surface area (Å²) in [5.41, 5.74) is 5.43. The molecular weight excluding hydrogens is 114 g/mol. The second kappa shape index (κ2) is 4.53. The van der Waals surface area contributed by atoms with Gasteiger partial charge in [0.25, 0.3) is 0 Å². The first kappa shape index (κ1) is 8.66. The maximum absolute atomic E-state index is 9.12. The predicted octanol–water partition coefficient (Wildman–Crippen LogP) is 0.661. The summed E-state index contributed by atoms with van der Waals surface area (Å²) in [6, 6.07) is -0.259. The number of nitrogens with two attached hydrogens (primary N) is 1. The summed E-state index contributed by atoms with van der Waals surface area (Å²) in [7, 11) is 0. The minimum absolute atomic E-state index is 0.259. The molecule has 0 aromatic heterocycles. The van der Waals surface area contributed by atoms with Gasteiger partial charge in [0.2, 0.25) is 0 Å². The molecule has 2 heteroatoms. The average Bonchev–Trinajstić information content (AvgIpc) is 1.87. The van der Waals surface area contributed by atoms with E-state index in [-0.39, 0.29) is 6.04 Å². The molecule has 2 atom stereocenters. The van der Waals surface area contributed by atoms with Crippen molar-refractivity contribution in [3.8, 4) is 0 Å². The Hall–Kier alpha value is -0.340.